The molecule has 1 amide bonds. The molecule has 4 rings (SSSR count). The van der Waals surface area contributed by atoms with Gasteiger partial charge >= 0.3 is 0 Å². The van der Waals surface area contributed by atoms with Crippen molar-refractivity contribution in [3.63, 3.8) is 0 Å². The zero-order chi connectivity index (χ0) is 17.4. The van der Waals surface area contributed by atoms with Crippen LogP contribution in [0.5, 0.6) is 0 Å². The third kappa shape index (κ3) is 2.69. The van der Waals surface area contributed by atoms with Gasteiger partial charge in [-0.15, -0.1) is 0 Å². The van der Waals surface area contributed by atoms with Crippen molar-refractivity contribution in [2.45, 2.75) is 25.7 Å². The van der Waals surface area contributed by atoms with Gasteiger partial charge in [0.05, 0.1) is 11.3 Å². The third-order valence-corrected chi connectivity index (χ3v) is 5.32. The fourth-order valence-electron chi connectivity index (χ4n) is 3.87. The molecule has 0 unspecified atom stereocenters. The maximum Gasteiger partial charge on any atom is 0.256 e. The highest BCUT2D eigenvalue weighted by Crippen LogP contribution is 2.30. The fourth-order valence-corrected chi connectivity index (χ4v) is 3.87. The minimum absolute atomic E-state index is 0.128. The van der Waals surface area contributed by atoms with Crippen LogP contribution < -0.4 is 0 Å². The highest BCUT2D eigenvalue weighted by Gasteiger charge is 2.29. The normalized spacial score (nSPS) is 17.8. The molecule has 1 aromatic carbocycles. The Morgan fingerprint density at radius 3 is 2.88 bits per heavy atom. The molecule has 3 heterocycles. The molecule has 5 heteroatoms. The van der Waals surface area contributed by atoms with E-state index >= 15 is 0 Å². The van der Waals surface area contributed by atoms with Crippen LogP contribution in [-0.2, 0) is 7.05 Å². The average molecular weight is 334 g/mol. The summed E-state index contributed by atoms with van der Waals surface area (Å²) in [5, 5.41) is 1.04. The van der Waals surface area contributed by atoms with E-state index in [9.17, 15) is 4.79 Å². The Bertz CT molecular complexity index is 916. The van der Waals surface area contributed by atoms with Gasteiger partial charge in [-0.2, -0.15) is 0 Å². The van der Waals surface area contributed by atoms with Gasteiger partial charge in [0.1, 0.15) is 0 Å². The van der Waals surface area contributed by atoms with E-state index in [1.54, 1.807) is 12.4 Å². The summed E-state index contributed by atoms with van der Waals surface area (Å²) in [5.41, 5.74) is 3.94. The van der Waals surface area contributed by atoms with Gasteiger partial charge in [0.15, 0.2) is 0 Å². The van der Waals surface area contributed by atoms with Gasteiger partial charge in [-0.1, -0.05) is 18.2 Å². The monoisotopic (exact) mass is 334 g/mol. The molecule has 0 bridgehead atoms. The Labute approximate surface area is 147 Å². The molecule has 5 nitrogen and oxygen atoms in total. The van der Waals surface area contributed by atoms with Crippen molar-refractivity contribution < 1.29 is 4.79 Å². The van der Waals surface area contributed by atoms with Crippen LogP contribution in [0.2, 0.25) is 0 Å². The molecule has 1 fully saturated rings. The topological polar surface area (TPSA) is 51.0 Å². The van der Waals surface area contributed by atoms with Crippen LogP contribution in [0.25, 0.3) is 10.9 Å². The largest absolute Gasteiger partial charge is 0.347 e. The molecule has 1 atom stereocenters. The fraction of sp³-hybridized carbons (Fsp3) is 0.350. The van der Waals surface area contributed by atoms with Crippen molar-refractivity contribution in [1.29, 1.82) is 0 Å². The maximum atomic E-state index is 13.3. The standard InChI is InChI=1S/C20H22N4O/c1-14-19(16-7-3-4-8-18(16)23(14)2)20(25)24-11-5-6-15(13-24)17-12-21-9-10-22-17/h3-4,7-10,12,15H,5-6,11,13H2,1-2H3/t15-/m0/s1. The number of piperidine rings is 1. The molecule has 2 aromatic heterocycles. The van der Waals surface area contributed by atoms with Crippen molar-refractivity contribution in [3.8, 4) is 0 Å². The second-order valence-corrected chi connectivity index (χ2v) is 6.76. The summed E-state index contributed by atoms with van der Waals surface area (Å²) in [6.45, 7) is 3.54. The number of para-hydroxylation sites is 1. The van der Waals surface area contributed by atoms with E-state index < -0.39 is 0 Å². The van der Waals surface area contributed by atoms with E-state index in [0.29, 0.717) is 6.54 Å². The highest BCUT2D eigenvalue weighted by atomic mass is 16.2. The molecular formula is C20H22N4O. The summed E-state index contributed by atoms with van der Waals surface area (Å²) < 4.78 is 2.10. The summed E-state index contributed by atoms with van der Waals surface area (Å²) in [7, 11) is 2.02. The molecule has 0 spiro atoms. The molecule has 1 saturated heterocycles. The van der Waals surface area contributed by atoms with Crippen LogP contribution >= 0.6 is 0 Å². The van der Waals surface area contributed by atoms with E-state index in [-0.39, 0.29) is 11.8 Å². The van der Waals surface area contributed by atoms with Crippen molar-refractivity contribution in [1.82, 2.24) is 19.4 Å². The van der Waals surface area contributed by atoms with Gasteiger partial charge in [-0.3, -0.25) is 14.8 Å². The molecule has 1 aliphatic heterocycles. The average Bonchev–Trinajstić information content (AvgIpc) is 2.93. The number of rotatable bonds is 2. The first-order chi connectivity index (χ1) is 12.2. The lowest BCUT2D eigenvalue weighted by Crippen LogP contribution is -2.39. The summed E-state index contributed by atoms with van der Waals surface area (Å²) in [5.74, 6) is 0.393. The van der Waals surface area contributed by atoms with Gasteiger partial charge in [0, 0.05) is 61.2 Å². The first-order valence-corrected chi connectivity index (χ1v) is 8.76. The number of benzene rings is 1. The smallest absolute Gasteiger partial charge is 0.256 e. The maximum absolute atomic E-state index is 13.3. The highest BCUT2D eigenvalue weighted by molar-refractivity contribution is 6.08. The number of amides is 1. The molecule has 0 aliphatic carbocycles. The summed E-state index contributed by atoms with van der Waals surface area (Å²) in [6, 6.07) is 8.12. The zero-order valence-corrected chi connectivity index (χ0v) is 14.6. The van der Waals surface area contributed by atoms with Gasteiger partial charge < -0.3 is 9.47 Å². The Hall–Kier alpha value is -2.69. The SMILES string of the molecule is Cc1c(C(=O)N2CCC[C@H](c3cnccn3)C2)c2ccccc2n1C. The van der Waals surface area contributed by atoms with E-state index in [4.69, 9.17) is 0 Å². The lowest BCUT2D eigenvalue weighted by Gasteiger charge is -2.32. The Kier molecular flexibility index (Phi) is 3.99. The van der Waals surface area contributed by atoms with E-state index in [2.05, 4.69) is 20.6 Å². The number of carbonyl (C=O) groups excluding carboxylic acids is 1. The number of aryl methyl sites for hydroxylation is 1. The number of nitrogens with zero attached hydrogens (tertiary/aromatic N) is 4. The first-order valence-electron chi connectivity index (χ1n) is 8.76. The van der Waals surface area contributed by atoms with Crippen molar-refractivity contribution in [2.24, 2.45) is 7.05 Å². The number of likely N-dealkylation sites (tertiary alicyclic amines) is 1. The number of carbonyl (C=O) groups is 1. The Morgan fingerprint density at radius 2 is 2.08 bits per heavy atom. The molecular weight excluding hydrogens is 312 g/mol. The molecule has 25 heavy (non-hydrogen) atoms. The second kappa shape index (κ2) is 6.31. The minimum atomic E-state index is 0.128. The molecule has 0 N–H and O–H groups in total. The Morgan fingerprint density at radius 1 is 1.24 bits per heavy atom. The van der Waals surface area contributed by atoms with E-state index in [1.165, 1.54) is 0 Å². The van der Waals surface area contributed by atoms with Crippen LogP contribution in [0, 0.1) is 6.92 Å². The van der Waals surface area contributed by atoms with Crippen molar-refractivity contribution in [3.05, 3.63) is 59.8 Å². The lowest BCUT2D eigenvalue weighted by atomic mass is 9.94. The van der Waals surface area contributed by atoms with Crippen LogP contribution in [0.4, 0.5) is 0 Å². The molecule has 0 saturated carbocycles. The van der Waals surface area contributed by atoms with Gasteiger partial charge in [0.25, 0.3) is 5.91 Å². The third-order valence-electron chi connectivity index (χ3n) is 5.32. The number of hydrogen-bond donors (Lipinski definition) is 0. The van der Waals surface area contributed by atoms with Crippen LogP contribution in [0.1, 0.15) is 40.5 Å². The van der Waals surface area contributed by atoms with Crippen LogP contribution in [-0.4, -0.2) is 38.4 Å². The predicted molar refractivity (Wildman–Crippen MR) is 97.6 cm³/mol. The minimum Gasteiger partial charge on any atom is -0.347 e. The summed E-state index contributed by atoms with van der Waals surface area (Å²) in [6.07, 6.45) is 7.29. The zero-order valence-electron chi connectivity index (χ0n) is 14.6. The van der Waals surface area contributed by atoms with Gasteiger partial charge in [0.2, 0.25) is 0 Å². The number of aromatic nitrogens is 3. The molecule has 128 valence electrons. The molecule has 3 aromatic rings. The number of fused-ring (bicyclic) bond motifs is 1. The lowest BCUT2D eigenvalue weighted by molar-refractivity contribution is 0.0707. The van der Waals surface area contributed by atoms with Gasteiger partial charge in [-0.25, -0.2) is 0 Å². The predicted octanol–water partition coefficient (Wildman–Crippen LogP) is 3.30. The van der Waals surface area contributed by atoms with Crippen molar-refractivity contribution in [2.75, 3.05) is 13.1 Å². The summed E-state index contributed by atoms with van der Waals surface area (Å²) >= 11 is 0. The van der Waals surface area contributed by atoms with Crippen molar-refractivity contribution >= 4 is 16.8 Å². The van der Waals surface area contributed by atoms with Gasteiger partial charge in [-0.05, 0) is 25.8 Å². The Balaban J connectivity index is 1.66. The van der Waals surface area contributed by atoms with Crippen LogP contribution in [0.15, 0.2) is 42.9 Å². The quantitative estimate of drug-likeness (QED) is 0.722. The van der Waals surface area contributed by atoms with Crippen LogP contribution in [0.3, 0.4) is 0 Å². The summed E-state index contributed by atoms with van der Waals surface area (Å²) in [4.78, 5) is 23.9. The van der Waals surface area contributed by atoms with E-state index in [1.807, 2.05) is 43.3 Å². The number of hydrogen-bond acceptors (Lipinski definition) is 3. The van der Waals surface area contributed by atoms with E-state index in [0.717, 1.165) is 47.2 Å². The second-order valence-electron chi connectivity index (χ2n) is 6.76. The molecule has 0 radical (unpaired) electrons. The molecule has 1 aliphatic rings. The first kappa shape index (κ1) is 15.8.